The van der Waals surface area contributed by atoms with Gasteiger partial charge in [0.1, 0.15) is 0 Å². The second-order valence-corrected chi connectivity index (χ2v) is 6.18. The summed E-state index contributed by atoms with van der Waals surface area (Å²) in [5.41, 5.74) is 2.67. The van der Waals surface area contributed by atoms with Crippen molar-refractivity contribution in [3.63, 3.8) is 0 Å². The van der Waals surface area contributed by atoms with E-state index in [2.05, 4.69) is 10.2 Å². The summed E-state index contributed by atoms with van der Waals surface area (Å²) < 4.78 is 3.74. The van der Waals surface area contributed by atoms with Crippen LogP contribution in [0.5, 0.6) is 0 Å². The first-order valence-corrected chi connectivity index (χ1v) is 7.85. The van der Waals surface area contributed by atoms with Gasteiger partial charge in [-0.3, -0.25) is 14.2 Å². The number of nitrogens with zero attached hydrogens (tertiary/aromatic N) is 5. The Balaban J connectivity index is 1.60. The number of carbonyl (C=O) groups excluding carboxylic acids is 1. The van der Waals surface area contributed by atoms with E-state index in [0.717, 1.165) is 29.4 Å². The van der Waals surface area contributed by atoms with Crippen molar-refractivity contribution >= 4 is 16.8 Å². The third-order valence-corrected chi connectivity index (χ3v) is 4.52. The average Bonchev–Trinajstić information content (AvgIpc) is 3.26. The summed E-state index contributed by atoms with van der Waals surface area (Å²) in [5, 5.41) is 9.73. The third kappa shape index (κ3) is 2.30. The molecule has 1 atom stereocenters. The Morgan fingerprint density at radius 3 is 2.91 bits per heavy atom. The first-order valence-electron chi connectivity index (χ1n) is 7.85. The molecule has 118 valence electrons. The lowest BCUT2D eigenvalue weighted by atomic mass is 10.2. The van der Waals surface area contributed by atoms with Crippen LogP contribution in [0.25, 0.3) is 10.9 Å². The number of rotatable bonds is 2. The van der Waals surface area contributed by atoms with Gasteiger partial charge in [0.25, 0.3) is 5.91 Å². The Hall–Kier alpha value is -2.63. The monoisotopic (exact) mass is 309 g/mol. The zero-order valence-corrected chi connectivity index (χ0v) is 13.3. The molecule has 2 aromatic heterocycles. The number of likely N-dealkylation sites (tertiary alicyclic amines) is 1. The Kier molecular flexibility index (Phi) is 3.18. The first-order chi connectivity index (χ1) is 11.1. The van der Waals surface area contributed by atoms with Gasteiger partial charge in [-0.2, -0.15) is 10.2 Å². The fourth-order valence-corrected chi connectivity index (χ4v) is 3.30. The maximum Gasteiger partial charge on any atom is 0.275 e. The van der Waals surface area contributed by atoms with Crippen molar-refractivity contribution in [2.45, 2.75) is 19.4 Å². The zero-order valence-electron chi connectivity index (χ0n) is 13.3. The summed E-state index contributed by atoms with van der Waals surface area (Å²) in [7, 11) is 1.87. The molecule has 1 aliphatic rings. The van der Waals surface area contributed by atoms with Gasteiger partial charge in [-0.05, 0) is 25.0 Å². The fourth-order valence-electron chi connectivity index (χ4n) is 3.30. The molecule has 1 fully saturated rings. The summed E-state index contributed by atoms with van der Waals surface area (Å²) in [6.07, 6.45) is 4.82. The van der Waals surface area contributed by atoms with E-state index in [1.807, 2.05) is 60.2 Å². The fraction of sp³-hybridized carbons (Fsp3) is 0.353. The van der Waals surface area contributed by atoms with E-state index < -0.39 is 0 Å². The predicted octanol–water partition coefficient (Wildman–Crippen LogP) is 2.17. The highest BCUT2D eigenvalue weighted by atomic mass is 16.2. The molecule has 0 bridgehead atoms. The molecule has 1 aliphatic heterocycles. The number of para-hydroxylation sites is 1. The topological polar surface area (TPSA) is 56.0 Å². The minimum atomic E-state index is 0.00757. The maximum atomic E-state index is 12.9. The lowest BCUT2D eigenvalue weighted by Gasteiger charge is -2.15. The standard InChI is InChI=1S/C17H19N5O/c1-12-9-18-22(10-12)13-7-8-21(11-13)17(23)16-14-5-3-4-6-15(14)20(2)19-16/h3-6,9-10,13H,7-8,11H2,1-2H3. The van der Waals surface area contributed by atoms with Crippen molar-refractivity contribution in [1.82, 2.24) is 24.5 Å². The molecule has 0 N–H and O–H groups in total. The summed E-state index contributed by atoms with van der Waals surface area (Å²) in [5.74, 6) is 0.00757. The van der Waals surface area contributed by atoms with Crippen LogP contribution in [-0.2, 0) is 7.05 Å². The molecule has 0 aliphatic carbocycles. The lowest BCUT2D eigenvalue weighted by Crippen LogP contribution is -2.29. The van der Waals surface area contributed by atoms with Crippen LogP contribution in [0.3, 0.4) is 0 Å². The van der Waals surface area contributed by atoms with Crippen molar-refractivity contribution in [3.05, 3.63) is 47.9 Å². The van der Waals surface area contributed by atoms with Gasteiger partial charge in [0.05, 0.1) is 17.8 Å². The molecule has 6 heteroatoms. The second kappa shape index (κ2) is 5.22. The number of hydrogen-bond donors (Lipinski definition) is 0. The van der Waals surface area contributed by atoms with Gasteiger partial charge in [-0.1, -0.05) is 18.2 Å². The number of aromatic nitrogens is 4. The molecular weight excluding hydrogens is 290 g/mol. The van der Waals surface area contributed by atoms with Gasteiger partial charge in [-0.25, -0.2) is 0 Å². The van der Waals surface area contributed by atoms with Crippen LogP contribution in [0.4, 0.5) is 0 Å². The molecule has 1 aromatic carbocycles. The van der Waals surface area contributed by atoms with E-state index in [-0.39, 0.29) is 11.9 Å². The smallest absolute Gasteiger partial charge is 0.275 e. The quantitative estimate of drug-likeness (QED) is 0.729. The van der Waals surface area contributed by atoms with Gasteiger partial charge >= 0.3 is 0 Å². The molecule has 3 aromatic rings. The largest absolute Gasteiger partial charge is 0.335 e. The number of carbonyl (C=O) groups is 1. The van der Waals surface area contributed by atoms with Crippen LogP contribution < -0.4 is 0 Å². The molecule has 1 unspecified atom stereocenters. The molecule has 1 saturated heterocycles. The van der Waals surface area contributed by atoms with Gasteiger partial charge < -0.3 is 4.90 Å². The van der Waals surface area contributed by atoms with E-state index in [1.165, 1.54) is 0 Å². The molecule has 0 spiro atoms. The van der Waals surface area contributed by atoms with Gasteiger partial charge in [0.2, 0.25) is 0 Å². The highest BCUT2D eigenvalue weighted by Crippen LogP contribution is 2.25. The Bertz CT molecular complexity index is 878. The maximum absolute atomic E-state index is 12.9. The highest BCUT2D eigenvalue weighted by molar-refractivity contribution is 6.04. The highest BCUT2D eigenvalue weighted by Gasteiger charge is 2.30. The molecule has 0 saturated carbocycles. The van der Waals surface area contributed by atoms with Crippen molar-refractivity contribution in [2.24, 2.45) is 7.05 Å². The van der Waals surface area contributed by atoms with Crippen molar-refractivity contribution in [3.8, 4) is 0 Å². The molecular formula is C17H19N5O. The number of amides is 1. The van der Waals surface area contributed by atoms with Crippen LogP contribution in [0, 0.1) is 6.92 Å². The minimum absolute atomic E-state index is 0.00757. The van der Waals surface area contributed by atoms with E-state index >= 15 is 0 Å². The molecule has 6 nitrogen and oxygen atoms in total. The SMILES string of the molecule is Cc1cnn(C2CCN(C(=O)c3nn(C)c4ccccc34)C2)c1. The van der Waals surface area contributed by atoms with E-state index in [1.54, 1.807) is 4.68 Å². The molecule has 1 amide bonds. The summed E-state index contributed by atoms with van der Waals surface area (Å²) in [6.45, 7) is 3.46. The van der Waals surface area contributed by atoms with Gasteiger partial charge in [-0.15, -0.1) is 0 Å². The van der Waals surface area contributed by atoms with Crippen molar-refractivity contribution < 1.29 is 4.79 Å². The first kappa shape index (κ1) is 14.0. The number of aryl methyl sites for hydroxylation is 2. The second-order valence-electron chi connectivity index (χ2n) is 6.18. The van der Waals surface area contributed by atoms with Gasteiger partial charge in [0, 0.05) is 31.7 Å². The number of benzene rings is 1. The molecule has 3 heterocycles. The van der Waals surface area contributed by atoms with E-state index in [9.17, 15) is 4.79 Å². The van der Waals surface area contributed by atoms with Crippen LogP contribution in [-0.4, -0.2) is 43.5 Å². The number of hydrogen-bond acceptors (Lipinski definition) is 3. The summed E-state index contributed by atoms with van der Waals surface area (Å²) in [6, 6.07) is 8.10. The van der Waals surface area contributed by atoms with Crippen molar-refractivity contribution in [2.75, 3.05) is 13.1 Å². The van der Waals surface area contributed by atoms with Crippen molar-refractivity contribution in [1.29, 1.82) is 0 Å². The predicted molar refractivity (Wildman–Crippen MR) is 87.2 cm³/mol. The van der Waals surface area contributed by atoms with E-state index in [4.69, 9.17) is 0 Å². The van der Waals surface area contributed by atoms with Gasteiger partial charge in [0.15, 0.2) is 5.69 Å². The molecule has 0 radical (unpaired) electrons. The van der Waals surface area contributed by atoms with Crippen LogP contribution in [0.15, 0.2) is 36.7 Å². The molecule has 4 rings (SSSR count). The Morgan fingerprint density at radius 2 is 2.13 bits per heavy atom. The Morgan fingerprint density at radius 1 is 1.30 bits per heavy atom. The third-order valence-electron chi connectivity index (χ3n) is 4.52. The van der Waals surface area contributed by atoms with Crippen LogP contribution >= 0.6 is 0 Å². The van der Waals surface area contributed by atoms with Crippen LogP contribution in [0.1, 0.15) is 28.5 Å². The average molecular weight is 309 g/mol. The van der Waals surface area contributed by atoms with Crippen LogP contribution in [0.2, 0.25) is 0 Å². The number of fused-ring (bicyclic) bond motifs is 1. The normalized spacial score (nSPS) is 18.0. The molecule has 23 heavy (non-hydrogen) atoms. The summed E-state index contributed by atoms with van der Waals surface area (Å²) in [4.78, 5) is 14.8. The van der Waals surface area contributed by atoms with E-state index in [0.29, 0.717) is 12.2 Å². The minimum Gasteiger partial charge on any atom is -0.335 e. The summed E-state index contributed by atoms with van der Waals surface area (Å²) >= 11 is 0. The lowest BCUT2D eigenvalue weighted by molar-refractivity contribution is 0.0782. The zero-order chi connectivity index (χ0) is 16.0. The Labute approximate surface area is 134 Å².